The molecule has 0 heterocycles. The van der Waals surface area contributed by atoms with E-state index in [2.05, 4.69) is 9.89 Å². The summed E-state index contributed by atoms with van der Waals surface area (Å²) in [6.45, 7) is -0.100. The van der Waals surface area contributed by atoms with Gasteiger partial charge in [-0.25, -0.2) is 0 Å². The Balaban J connectivity index is 3.33. The van der Waals surface area contributed by atoms with Gasteiger partial charge in [-0.15, -0.1) is 0 Å². The van der Waals surface area contributed by atoms with E-state index in [1.165, 1.54) is 0 Å². The van der Waals surface area contributed by atoms with Gasteiger partial charge in [0.2, 0.25) is 0 Å². The third-order valence-electron chi connectivity index (χ3n) is 0.624. The van der Waals surface area contributed by atoms with Crippen LogP contribution < -0.4 is 0 Å². The highest BCUT2D eigenvalue weighted by Crippen LogP contribution is 1.81. The lowest BCUT2D eigenvalue weighted by molar-refractivity contribution is -0.140. The van der Waals surface area contributed by atoms with Gasteiger partial charge in [-0.3, -0.25) is 4.79 Å². The first-order valence-corrected chi connectivity index (χ1v) is 2.49. The van der Waals surface area contributed by atoms with Gasteiger partial charge in [0.15, 0.2) is 0 Å². The Morgan fingerprint density at radius 1 is 1.90 bits per heavy atom. The molecule has 54 valence electrons. The van der Waals surface area contributed by atoms with E-state index in [1.54, 1.807) is 6.07 Å². The zero-order chi connectivity index (χ0) is 7.82. The number of nitrogens with zero attached hydrogens (tertiary/aromatic N) is 2. The summed E-state index contributed by atoms with van der Waals surface area (Å²) in [6, 6.07) is 1.61. The number of ether oxygens (including phenoxy) is 1. The molecular formula is C5H6N2O3. The predicted molar refractivity (Wildman–Crippen MR) is 31.5 cm³/mol. The summed E-state index contributed by atoms with van der Waals surface area (Å²) in [5.41, 5.74) is 0. The molecule has 0 fully saturated rings. The maximum absolute atomic E-state index is 10.3. The molecule has 0 aliphatic rings. The normalized spacial score (nSPS) is 9.10. The van der Waals surface area contributed by atoms with Crippen LogP contribution >= 0.6 is 0 Å². The van der Waals surface area contributed by atoms with Crippen molar-refractivity contribution >= 4 is 12.2 Å². The Kier molecular flexibility index (Phi) is 4.69. The van der Waals surface area contributed by atoms with Crippen LogP contribution in [0.1, 0.15) is 6.42 Å². The van der Waals surface area contributed by atoms with Crippen LogP contribution in [0.5, 0.6) is 0 Å². The predicted octanol–water partition coefficient (Wildman–Crippen LogP) is -0.0967. The largest absolute Gasteiger partial charge is 0.459 e. The van der Waals surface area contributed by atoms with Gasteiger partial charge in [0.1, 0.15) is 13.0 Å². The van der Waals surface area contributed by atoms with Crippen molar-refractivity contribution in [2.75, 3.05) is 6.61 Å². The van der Waals surface area contributed by atoms with Gasteiger partial charge >= 0.3 is 5.97 Å². The molecular weight excluding hydrogens is 136 g/mol. The molecule has 0 rings (SSSR count). The number of hydrogen-bond donors (Lipinski definition) is 1. The second kappa shape index (κ2) is 5.56. The van der Waals surface area contributed by atoms with Crippen LogP contribution in [0.2, 0.25) is 0 Å². The molecule has 0 aliphatic heterocycles. The highest BCUT2D eigenvalue weighted by Gasteiger charge is 1.97. The van der Waals surface area contributed by atoms with Gasteiger partial charge in [0, 0.05) is 0 Å². The zero-order valence-corrected chi connectivity index (χ0v) is 5.15. The lowest BCUT2D eigenvalue weighted by atomic mass is 10.5. The Bertz CT molecular complexity index is 170. The fourth-order valence-corrected chi connectivity index (χ4v) is 0.279. The van der Waals surface area contributed by atoms with E-state index in [0.29, 0.717) is 0 Å². The lowest BCUT2D eigenvalue weighted by Crippen LogP contribution is -2.04. The number of oxime groups is 1. The molecule has 0 aliphatic carbocycles. The van der Waals surface area contributed by atoms with E-state index in [9.17, 15) is 4.79 Å². The van der Waals surface area contributed by atoms with Crippen molar-refractivity contribution in [2.45, 2.75) is 6.42 Å². The van der Waals surface area contributed by atoms with Crippen molar-refractivity contribution in [1.29, 1.82) is 5.26 Å². The monoisotopic (exact) mass is 142 g/mol. The molecule has 0 aromatic carbocycles. The third kappa shape index (κ3) is 4.59. The van der Waals surface area contributed by atoms with Crippen LogP contribution in [-0.4, -0.2) is 24.0 Å². The molecule has 5 nitrogen and oxygen atoms in total. The summed E-state index contributed by atoms with van der Waals surface area (Å²) in [6.07, 6.45) is 0.731. The van der Waals surface area contributed by atoms with Crippen LogP contribution in [0.3, 0.4) is 0 Å². The Morgan fingerprint density at radius 3 is 3.10 bits per heavy atom. The number of nitriles is 1. The lowest BCUT2D eigenvalue weighted by Gasteiger charge is -1.93. The molecule has 0 spiro atoms. The van der Waals surface area contributed by atoms with Gasteiger partial charge in [0.05, 0.1) is 12.3 Å². The van der Waals surface area contributed by atoms with Crippen molar-refractivity contribution in [3.05, 3.63) is 0 Å². The molecule has 1 N–H and O–H groups in total. The Hall–Kier alpha value is -1.57. The summed E-state index contributed by atoms with van der Waals surface area (Å²) >= 11 is 0. The summed E-state index contributed by atoms with van der Waals surface area (Å²) in [5, 5.41) is 18.4. The third-order valence-corrected chi connectivity index (χ3v) is 0.624. The highest BCUT2D eigenvalue weighted by atomic mass is 16.5. The average Bonchev–Trinajstić information content (AvgIpc) is 1.89. The summed E-state index contributed by atoms with van der Waals surface area (Å²) < 4.78 is 4.35. The second-order valence-electron chi connectivity index (χ2n) is 1.32. The van der Waals surface area contributed by atoms with Gasteiger partial charge in [-0.05, 0) is 0 Å². The summed E-state index contributed by atoms with van der Waals surface area (Å²) in [7, 11) is 0. The smallest absolute Gasteiger partial charge is 0.320 e. The zero-order valence-electron chi connectivity index (χ0n) is 5.15. The Labute approximate surface area is 57.5 Å². The highest BCUT2D eigenvalue weighted by molar-refractivity contribution is 5.73. The fraction of sp³-hybridized carbons (Fsp3) is 0.400. The van der Waals surface area contributed by atoms with E-state index in [0.717, 1.165) is 6.21 Å². The maximum atomic E-state index is 10.3. The van der Waals surface area contributed by atoms with Crippen molar-refractivity contribution in [1.82, 2.24) is 0 Å². The molecule has 0 aromatic rings. The quantitative estimate of drug-likeness (QED) is 0.258. The molecule has 0 amide bonds. The van der Waals surface area contributed by atoms with Gasteiger partial charge in [-0.1, -0.05) is 5.16 Å². The van der Waals surface area contributed by atoms with Crippen LogP contribution in [0.4, 0.5) is 0 Å². The number of carbonyl (C=O) groups excluding carboxylic acids is 1. The van der Waals surface area contributed by atoms with E-state index >= 15 is 0 Å². The summed E-state index contributed by atoms with van der Waals surface area (Å²) in [5.74, 6) is -0.623. The van der Waals surface area contributed by atoms with E-state index < -0.39 is 5.97 Å². The molecule has 0 unspecified atom stereocenters. The van der Waals surface area contributed by atoms with Crippen LogP contribution in [-0.2, 0) is 9.53 Å². The Morgan fingerprint density at radius 2 is 2.60 bits per heavy atom. The number of esters is 1. The molecule has 0 bridgehead atoms. The second-order valence-corrected chi connectivity index (χ2v) is 1.32. The van der Waals surface area contributed by atoms with E-state index in [1.807, 2.05) is 0 Å². The minimum absolute atomic E-state index is 0.100. The van der Waals surface area contributed by atoms with E-state index in [-0.39, 0.29) is 13.0 Å². The summed E-state index contributed by atoms with van der Waals surface area (Å²) in [4.78, 5) is 10.3. The number of rotatable bonds is 3. The molecule has 0 saturated carbocycles. The number of carbonyl (C=O) groups is 1. The fourth-order valence-electron chi connectivity index (χ4n) is 0.279. The maximum Gasteiger partial charge on any atom is 0.320 e. The minimum Gasteiger partial charge on any atom is -0.459 e. The van der Waals surface area contributed by atoms with Crippen molar-refractivity contribution < 1.29 is 14.7 Å². The molecule has 0 aromatic heterocycles. The van der Waals surface area contributed by atoms with Crippen LogP contribution in [0, 0.1) is 11.3 Å². The van der Waals surface area contributed by atoms with Crippen LogP contribution in [0.15, 0.2) is 5.16 Å². The first-order chi connectivity index (χ1) is 4.81. The molecule has 10 heavy (non-hydrogen) atoms. The minimum atomic E-state index is -0.623. The van der Waals surface area contributed by atoms with Crippen LogP contribution in [0.25, 0.3) is 0 Å². The van der Waals surface area contributed by atoms with Crippen molar-refractivity contribution in [2.24, 2.45) is 5.16 Å². The molecule has 0 atom stereocenters. The van der Waals surface area contributed by atoms with Crippen molar-refractivity contribution in [3.63, 3.8) is 0 Å². The molecule has 0 radical (unpaired) electrons. The first kappa shape index (κ1) is 8.43. The average molecular weight is 142 g/mol. The van der Waals surface area contributed by atoms with E-state index in [4.69, 9.17) is 10.5 Å². The topological polar surface area (TPSA) is 82.7 Å². The molecule has 5 heteroatoms. The standard InChI is InChI=1S/C5H6N2O3/c6-2-1-5(8)10-4-3-7-9/h3,9H,1,4H2. The number of hydrogen-bond acceptors (Lipinski definition) is 5. The van der Waals surface area contributed by atoms with Crippen molar-refractivity contribution in [3.8, 4) is 6.07 Å². The van der Waals surface area contributed by atoms with Gasteiger partial charge in [-0.2, -0.15) is 5.26 Å². The molecule has 0 saturated heterocycles. The van der Waals surface area contributed by atoms with Gasteiger partial charge < -0.3 is 9.94 Å². The van der Waals surface area contributed by atoms with Gasteiger partial charge in [0.25, 0.3) is 0 Å². The SMILES string of the molecule is N#CCC(=O)OCC=NO. The first-order valence-electron chi connectivity index (χ1n) is 2.49.